The maximum absolute atomic E-state index is 12.8. The van der Waals surface area contributed by atoms with Crippen LogP contribution in [0.15, 0.2) is 72.0 Å². The molecular weight excluding hydrogens is 395 g/mol. The van der Waals surface area contributed by atoms with E-state index in [1.807, 2.05) is 30.3 Å². The van der Waals surface area contributed by atoms with Gasteiger partial charge in [0.05, 0.1) is 5.56 Å². The third-order valence-corrected chi connectivity index (χ3v) is 5.13. The van der Waals surface area contributed by atoms with E-state index in [1.54, 1.807) is 6.07 Å². The van der Waals surface area contributed by atoms with E-state index >= 15 is 0 Å². The third-order valence-electron chi connectivity index (χ3n) is 3.69. The summed E-state index contributed by atoms with van der Waals surface area (Å²) >= 11 is 0. The number of hydrogen-bond donors (Lipinski definition) is 1. The Hall–Kier alpha value is -3.27. The summed E-state index contributed by atoms with van der Waals surface area (Å²) in [4.78, 5) is 19.6. The predicted molar refractivity (Wildman–Crippen MR) is 95.1 cm³/mol. The van der Waals surface area contributed by atoms with Gasteiger partial charge in [-0.2, -0.15) is 13.2 Å². The smallest absolute Gasteiger partial charge is 0.306 e. The average molecular weight is 407 g/mol. The normalized spacial score (nSPS) is 11.8. The van der Waals surface area contributed by atoms with E-state index in [2.05, 4.69) is 15.3 Å². The van der Waals surface area contributed by atoms with Gasteiger partial charge >= 0.3 is 5.51 Å². The van der Waals surface area contributed by atoms with Gasteiger partial charge in [-0.15, -0.1) is 0 Å². The average Bonchev–Trinajstić information content (AvgIpc) is 2.68. The number of nitrogens with zero attached hydrogens (tertiary/aromatic N) is 2. The zero-order chi connectivity index (χ0) is 20.4. The summed E-state index contributed by atoms with van der Waals surface area (Å²) in [7, 11) is -5.78. The number of carbonyl (C=O) groups excluding carboxylic acids is 1. The van der Waals surface area contributed by atoms with Gasteiger partial charge in [0.1, 0.15) is 5.82 Å². The molecule has 0 aliphatic rings. The first-order valence-electron chi connectivity index (χ1n) is 7.79. The monoisotopic (exact) mass is 407 g/mol. The first kappa shape index (κ1) is 19.5. The molecule has 1 amide bonds. The lowest BCUT2D eigenvalue weighted by atomic mass is 10.1. The van der Waals surface area contributed by atoms with Crippen LogP contribution >= 0.6 is 0 Å². The number of benzene rings is 1. The van der Waals surface area contributed by atoms with Gasteiger partial charge in [0.25, 0.3) is 15.7 Å². The molecule has 0 aliphatic heterocycles. The quantitative estimate of drug-likeness (QED) is 0.713. The number of carbonyl (C=O) groups is 1. The van der Waals surface area contributed by atoms with Gasteiger partial charge in [0.15, 0.2) is 5.03 Å². The van der Waals surface area contributed by atoms with Gasteiger partial charge < -0.3 is 5.32 Å². The Labute approximate surface area is 158 Å². The molecule has 0 radical (unpaired) electrons. The molecule has 1 N–H and O–H groups in total. The van der Waals surface area contributed by atoms with Crippen LogP contribution in [0.3, 0.4) is 0 Å². The number of aromatic nitrogens is 2. The molecule has 2 aromatic heterocycles. The van der Waals surface area contributed by atoms with E-state index in [0.717, 1.165) is 29.5 Å². The maximum atomic E-state index is 12.8. The molecule has 10 heteroatoms. The van der Waals surface area contributed by atoms with E-state index in [9.17, 15) is 26.4 Å². The van der Waals surface area contributed by atoms with Gasteiger partial charge in [0, 0.05) is 18.0 Å². The molecule has 3 rings (SSSR count). The molecule has 2 heterocycles. The molecule has 0 saturated heterocycles. The number of sulfone groups is 1. The fraction of sp³-hybridized carbons (Fsp3) is 0.0556. The summed E-state index contributed by atoms with van der Waals surface area (Å²) in [6.07, 6.45) is 2.34. The van der Waals surface area contributed by atoms with Crippen LogP contribution in [0.2, 0.25) is 0 Å². The lowest BCUT2D eigenvalue weighted by Gasteiger charge is -2.11. The first-order chi connectivity index (χ1) is 13.2. The van der Waals surface area contributed by atoms with Gasteiger partial charge in [-0.3, -0.25) is 4.79 Å². The van der Waals surface area contributed by atoms with Crippen LogP contribution in [-0.2, 0) is 9.84 Å². The molecule has 0 unspecified atom stereocenters. The summed E-state index contributed by atoms with van der Waals surface area (Å²) in [5, 5.41) is 0.919. The van der Waals surface area contributed by atoms with Crippen molar-refractivity contribution in [1.82, 2.24) is 9.97 Å². The second-order valence-electron chi connectivity index (χ2n) is 5.56. The van der Waals surface area contributed by atoms with Crippen molar-refractivity contribution in [2.75, 3.05) is 5.32 Å². The minimum Gasteiger partial charge on any atom is -0.306 e. The van der Waals surface area contributed by atoms with Crippen LogP contribution in [0.5, 0.6) is 0 Å². The van der Waals surface area contributed by atoms with Gasteiger partial charge in [0.2, 0.25) is 0 Å². The highest BCUT2D eigenvalue weighted by atomic mass is 32.2. The van der Waals surface area contributed by atoms with Crippen molar-refractivity contribution in [3.63, 3.8) is 0 Å². The first-order valence-corrected chi connectivity index (χ1v) is 9.27. The zero-order valence-electron chi connectivity index (χ0n) is 14.0. The van der Waals surface area contributed by atoms with Crippen molar-refractivity contribution in [1.29, 1.82) is 0 Å². The van der Waals surface area contributed by atoms with Crippen LogP contribution in [0.25, 0.3) is 11.1 Å². The third kappa shape index (κ3) is 3.86. The van der Waals surface area contributed by atoms with Crippen molar-refractivity contribution in [3.05, 3.63) is 72.6 Å². The minimum atomic E-state index is -5.78. The topological polar surface area (TPSA) is 89.0 Å². The molecule has 0 saturated carbocycles. The highest BCUT2D eigenvalue weighted by molar-refractivity contribution is 7.92. The van der Waals surface area contributed by atoms with Gasteiger partial charge in [-0.1, -0.05) is 30.3 Å². The Balaban J connectivity index is 1.87. The zero-order valence-corrected chi connectivity index (χ0v) is 14.8. The molecular formula is C18H12F3N3O3S. The molecule has 3 aromatic rings. The SMILES string of the molecule is O=C(Nc1ccc(-c2ccccc2)cn1)c1cccnc1S(=O)(=O)C(F)(F)F. The van der Waals surface area contributed by atoms with E-state index < -0.39 is 31.8 Å². The van der Waals surface area contributed by atoms with Crippen molar-refractivity contribution >= 4 is 21.6 Å². The van der Waals surface area contributed by atoms with Crippen LogP contribution in [0, 0.1) is 0 Å². The molecule has 0 spiro atoms. The predicted octanol–water partition coefficient (Wildman–Crippen LogP) is 3.69. The number of pyridine rings is 2. The molecule has 0 bridgehead atoms. The van der Waals surface area contributed by atoms with Crippen molar-refractivity contribution in [3.8, 4) is 11.1 Å². The second-order valence-corrected chi connectivity index (χ2v) is 7.41. The number of hydrogen-bond acceptors (Lipinski definition) is 5. The van der Waals surface area contributed by atoms with E-state index in [0.29, 0.717) is 0 Å². The summed E-state index contributed by atoms with van der Waals surface area (Å²) in [5.74, 6) is -1.03. The van der Waals surface area contributed by atoms with Gasteiger partial charge in [-0.05, 0) is 29.8 Å². The van der Waals surface area contributed by atoms with Crippen molar-refractivity contribution < 1.29 is 26.4 Å². The largest absolute Gasteiger partial charge is 0.503 e. The highest BCUT2D eigenvalue weighted by Crippen LogP contribution is 2.31. The number of rotatable bonds is 4. The Bertz CT molecular complexity index is 1100. The molecule has 144 valence electrons. The van der Waals surface area contributed by atoms with Crippen LogP contribution < -0.4 is 5.32 Å². The minimum absolute atomic E-state index is 0.0453. The molecule has 0 aliphatic carbocycles. The van der Waals surface area contributed by atoms with Crippen molar-refractivity contribution in [2.24, 2.45) is 0 Å². The number of nitrogens with one attached hydrogen (secondary N) is 1. The Morgan fingerprint density at radius 3 is 2.21 bits per heavy atom. The molecule has 1 aromatic carbocycles. The van der Waals surface area contributed by atoms with Crippen LogP contribution in [-0.4, -0.2) is 29.8 Å². The second kappa shape index (κ2) is 7.39. The molecule has 0 atom stereocenters. The summed E-state index contributed by atoms with van der Waals surface area (Å²) in [6.45, 7) is 0. The van der Waals surface area contributed by atoms with E-state index in [-0.39, 0.29) is 5.82 Å². The Morgan fingerprint density at radius 1 is 0.893 bits per heavy atom. The standard InChI is InChI=1S/C18H12F3N3O3S/c19-18(20,21)28(26,27)17-14(7-4-10-22-17)16(25)24-15-9-8-13(11-23-15)12-5-2-1-3-6-12/h1-11H,(H,23,24,25). The fourth-order valence-electron chi connectivity index (χ4n) is 2.34. The van der Waals surface area contributed by atoms with Crippen molar-refractivity contribution in [2.45, 2.75) is 10.5 Å². The van der Waals surface area contributed by atoms with Crippen LogP contribution in [0.1, 0.15) is 10.4 Å². The maximum Gasteiger partial charge on any atom is 0.503 e. The van der Waals surface area contributed by atoms with Gasteiger partial charge in [-0.25, -0.2) is 18.4 Å². The number of anilines is 1. The summed E-state index contributed by atoms with van der Waals surface area (Å²) < 4.78 is 61.8. The molecule has 6 nitrogen and oxygen atoms in total. The Kier molecular flexibility index (Phi) is 5.14. The molecule has 0 fully saturated rings. The lowest BCUT2D eigenvalue weighted by Crippen LogP contribution is -2.27. The summed E-state index contributed by atoms with van der Waals surface area (Å²) in [6, 6.07) is 14.5. The van der Waals surface area contributed by atoms with Crippen LogP contribution in [0.4, 0.5) is 19.0 Å². The number of alkyl halides is 3. The van der Waals surface area contributed by atoms with E-state index in [1.165, 1.54) is 12.3 Å². The fourth-order valence-corrected chi connectivity index (χ4v) is 3.21. The lowest BCUT2D eigenvalue weighted by molar-refractivity contribution is -0.0438. The Morgan fingerprint density at radius 2 is 1.61 bits per heavy atom. The number of halogens is 3. The summed E-state index contributed by atoms with van der Waals surface area (Å²) in [5.41, 5.74) is -4.65. The number of amides is 1. The van der Waals surface area contributed by atoms with E-state index in [4.69, 9.17) is 0 Å². The molecule has 28 heavy (non-hydrogen) atoms. The highest BCUT2D eigenvalue weighted by Gasteiger charge is 2.49.